The van der Waals surface area contributed by atoms with Crippen LogP contribution in [0.3, 0.4) is 0 Å². The SMILES string of the molecule is CCOc1cc(C)c(CNC(=O)c2ccncc2)cc1C.Cl. The molecule has 0 bridgehead atoms. The van der Waals surface area contributed by atoms with Gasteiger partial charge in [0.25, 0.3) is 5.91 Å². The molecule has 22 heavy (non-hydrogen) atoms. The van der Waals surface area contributed by atoms with Crippen LogP contribution in [0.15, 0.2) is 36.7 Å². The lowest BCUT2D eigenvalue weighted by Crippen LogP contribution is -2.23. The van der Waals surface area contributed by atoms with Gasteiger partial charge in [-0.3, -0.25) is 9.78 Å². The highest BCUT2D eigenvalue weighted by molar-refractivity contribution is 5.93. The van der Waals surface area contributed by atoms with Gasteiger partial charge in [-0.15, -0.1) is 12.4 Å². The summed E-state index contributed by atoms with van der Waals surface area (Å²) in [5.74, 6) is 0.808. The first-order valence-corrected chi connectivity index (χ1v) is 7.03. The molecule has 0 fully saturated rings. The Kier molecular flexibility index (Phi) is 6.86. The highest BCUT2D eigenvalue weighted by Crippen LogP contribution is 2.22. The van der Waals surface area contributed by atoms with E-state index in [4.69, 9.17) is 4.74 Å². The number of pyridine rings is 1. The Balaban J connectivity index is 0.00000242. The number of ether oxygens (including phenoxy) is 1. The Morgan fingerprint density at radius 1 is 1.18 bits per heavy atom. The fraction of sp³-hybridized carbons (Fsp3) is 0.294. The molecule has 0 saturated carbocycles. The zero-order chi connectivity index (χ0) is 15.2. The van der Waals surface area contributed by atoms with Gasteiger partial charge >= 0.3 is 0 Å². The summed E-state index contributed by atoms with van der Waals surface area (Å²) in [5, 5.41) is 2.93. The summed E-state index contributed by atoms with van der Waals surface area (Å²) in [7, 11) is 0. The van der Waals surface area contributed by atoms with Crippen molar-refractivity contribution in [3.63, 3.8) is 0 Å². The van der Waals surface area contributed by atoms with Crippen LogP contribution in [0, 0.1) is 13.8 Å². The van der Waals surface area contributed by atoms with Crippen molar-refractivity contribution in [3.8, 4) is 5.75 Å². The first-order chi connectivity index (χ1) is 10.1. The minimum atomic E-state index is -0.0941. The van der Waals surface area contributed by atoms with E-state index in [-0.39, 0.29) is 18.3 Å². The minimum Gasteiger partial charge on any atom is -0.494 e. The molecule has 1 amide bonds. The summed E-state index contributed by atoms with van der Waals surface area (Å²) in [4.78, 5) is 15.9. The van der Waals surface area contributed by atoms with Crippen LogP contribution in [-0.4, -0.2) is 17.5 Å². The van der Waals surface area contributed by atoms with Crippen LogP contribution in [0.4, 0.5) is 0 Å². The van der Waals surface area contributed by atoms with Crippen molar-refractivity contribution in [2.24, 2.45) is 0 Å². The van der Waals surface area contributed by atoms with E-state index in [0.29, 0.717) is 18.7 Å². The molecule has 0 aliphatic carbocycles. The lowest BCUT2D eigenvalue weighted by atomic mass is 10.0. The second-order valence-corrected chi connectivity index (χ2v) is 4.90. The van der Waals surface area contributed by atoms with Gasteiger partial charge in [0.1, 0.15) is 5.75 Å². The Morgan fingerprint density at radius 2 is 1.86 bits per heavy atom. The molecule has 0 aliphatic rings. The number of carbonyl (C=O) groups excluding carboxylic acids is 1. The number of nitrogens with zero attached hydrogens (tertiary/aromatic N) is 1. The molecule has 0 unspecified atom stereocenters. The van der Waals surface area contributed by atoms with Crippen LogP contribution in [0.25, 0.3) is 0 Å². The van der Waals surface area contributed by atoms with E-state index in [1.54, 1.807) is 24.5 Å². The van der Waals surface area contributed by atoms with Gasteiger partial charge in [-0.1, -0.05) is 6.07 Å². The predicted octanol–water partition coefficient (Wildman–Crippen LogP) is 3.45. The van der Waals surface area contributed by atoms with Crippen molar-refractivity contribution in [1.82, 2.24) is 10.3 Å². The van der Waals surface area contributed by atoms with Gasteiger partial charge in [0, 0.05) is 24.5 Å². The minimum absolute atomic E-state index is 0. The monoisotopic (exact) mass is 320 g/mol. The molecule has 0 spiro atoms. The number of halogens is 1. The Hall–Kier alpha value is -2.07. The van der Waals surface area contributed by atoms with Crippen molar-refractivity contribution in [3.05, 3.63) is 58.9 Å². The second-order valence-electron chi connectivity index (χ2n) is 4.90. The van der Waals surface area contributed by atoms with Crippen molar-refractivity contribution in [1.29, 1.82) is 0 Å². The number of rotatable bonds is 5. The molecule has 1 heterocycles. The predicted molar refractivity (Wildman–Crippen MR) is 89.7 cm³/mol. The maximum absolute atomic E-state index is 12.0. The third-order valence-corrected chi connectivity index (χ3v) is 3.32. The average molecular weight is 321 g/mol. The number of hydrogen-bond donors (Lipinski definition) is 1. The van der Waals surface area contributed by atoms with Crippen molar-refractivity contribution in [2.45, 2.75) is 27.3 Å². The van der Waals surface area contributed by atoms with Crippen LogP contribution in [-0.2, 0) is 6.54 Å². The van der Waals surface area contributed by atoms with E-state index in [1.807, 2.05) is 26.8 Å². The molecule has 0 radical (unpaired) electrons. The summed E-state index contributed by atoms with van der Waals surface area (Å²) < 4.78 is 5.57. The quantitative estimate of drug-likeness (QED) is 0.918. The van der Waals surface area contributed by atoms with Gasteiger partial charge < -0.3 is 10.1 Å². The van der Waals surface area contributed by atoms with Gasteiger partial charge in [0.05, 0.1) is 6.61 Å². The summed E-state index contributed by atoms with van der Waals surface area (Å²) in [6, 6.07) is 7.48. The van der Waals surface area contributed by atoms with Crippen molar-refractivity contribution < 1.29 is 9.53 Å². The summed E-state index contributed by atoms with van der Waals surface area (Å²) in [5.41, 5.74) is 3.90. The molecule has 1 N–H and O–H groups in total. The van der Waals surface area contributed by atoms with Crippen molar-refractivity contribution in [2.75, 3.05) is 6.61 Å². The number of aryl methyl sites for hydroxylation is 2. The third-order valence-electron chi connectivity index (χ3n) is 3.32. The molecule has 5 heteroatoms. The summed E-state index contributed by atoms with van der Waals surface area (Å²) >= 11 is 0. The summed E-state index contributed by atoms with van der Waals surface area (Å²) in [6.07, 6.45) is 3.22. The van der Waals surface area contributed by atoms with E-state index in [9.17, 15) is 4.79 Å². The molecular formula is C17H21ClN2O2. The van der Waals surface area contributed by atoms with Gasteiger partial charge in [0.2, 0.25) is 0 Å². The number of nitrogens with one attached hydrogen (secondary N) is 1. The van der Waals surface area contributed by atoms with E-state index >= 15 is 0 Å². The molecule has 0 aliphatic heterocycles. The molecule has 118 valence electrons. The summed E-state index contributed by atoms with van der Waals surface area (Å²) in [6.45, 7) is 7.16. The highest BCUT2D eigenvalue weighted by Gasteiger charge is 2.08. The molecule has 1 aromatic carbocycles. The molecule has 4 nitrogen and oxygen atoms in total. The topological polar surface area (TPSA) is 51.2 Å². The number of hydrogen-bond acceptors (Lipinski definition) is 3. The highest BCUT2D eigenvalue weighted by atomic mass is 35.5. The largest absolute Gasteiger partial charge is 0.494 e. The fourth-order valence-electron chi connectivity index (χ4n) is 2.13. The third kappa shape index (κ3) is 4.46. The van der Waals surface area contributed by atoms with Gasteiger partial charge in [0.15, 0.2) is 0 Å². The van der Waals surface area contributed by atoms with Crippen molar-refractivity contribution >= 4 is 18.3 Å². The van der Waals surface area contributed by atoms with E-state index in [1.165, 1.54) is 0 Å². The fourth-order valence-corrected chi connectivity index (χ4v) is 2.13. The Bertz CT molecular complexity index is 630. The smallest absolute Gasteiger partial charge is 0.251 e. The maximum Gasteiger partial charge on any atom is 0.251 e. The van der Waals surface area contributed by atoms with E-state index in [2.05, 4.69) is 16.4 Å². The first kappa shape index (κ1) is 18.0. The van der Waals surface area contributed by atoms with Crippen LogP contribution in [0.2, 0.25) is 0 Å². The van der Waals surface area contributed by atoms with E-state index in [0.717, 1.165) is 22.4 Å². The van der Waals surface area contributed by atoms with Gasteiger partial charge in [-0.25, -0.2) is 0 Å². The van der Waals surface area contributed by atoms with Gasteiger partial charge in [-0.2, -0.15) is 0 Å². The lowest BCUT2D eigenvalue weighted by Gasteiger charge is -2.13. The van der Waals surface area contributed by atoms with E-state index < -0.39 is 0 Å². The molecule has 2 rings (SSSR count). The maximum atomic E-state index is 12.0. The molecule has 2 aromatic rings. The zero-order valence-corrected chi connectivity index (χ0v) is 13.9. The Labute approximate surface area is 137 Å². The first-order valence-electron chi connectivity index (χ1n) is 7.03. The lowest BCUT2D eigenvalue weighted by molar-refractivity contribution is 0.0950. The van der Waals surface area contributed by atoms with Gasteiger partial charge in [-0.05, 0) is 55.7 Å². The second kappa shape index (κ2) is 8.39. The molecule has 0 saturated heterocycles. The number of aromatic nitrogens is 1. The number of amides is 1. The molecule has 0 atom stereocenters. The van der Waals surface area contributed by atoms with Crippen LogP contribution < -0.4 is 10.1 Å². The molecular weight excluding hydrogens is 300 g/mol. The zero-order valence-electron chi connectivity index (χ0n) is 13.1. The normalized spacial score (nSPS) is 9.77. The number of benzene rings is 1. The number of carbonyl (C=O) groups is 1. The molecule has 1 aromatic heterocycles. The van der Waals surface area contributed by atoms with Crippen LogP contribution in [0.1, 0.15) is 34.0 Å². The van der Waals surface area contributed by atoms with Crippen LogP contribution >= 0.6 is 12.4 Å². The van der Waals surface area contributed by atoms with Crippen LogP contribution in [0.5, 0.6) is 5.75 Å². The Morgan fingerprint density at radius 3 is 2.50 bits per heavy atom. The average Bonchev–Trinajstić information content (AvgIpc) is 2.50. The standard InChI is InChI=1S/C17H20N2O2.ClH/c1-4-21-16-10-12(2)15(9-13(16)3)11-19-17(20)14-5-7-18-8-6-14;/h5-10H,4,11H2,1-3H3,(H,19,20);1H.